The second-order valence-corrected chi connectivity index (χ2v) is 7.73. The first-order valence-corrected chi connectivity index (χ1v) is 9.00. The van der Waals surface area contributed by atoms with E-state index in [0.717, 1.165) is 25.9 Å². The fourth-order valence-corrected chi connectivity index (χ4v) is 4.23. The average Bonchev–Trinajstić information content (AvgIpc) is 3.04. The van der Waals surface area contributed by atoms with Gasteiger partial charge in [-0.15, -0.1) is 0 Å². The lowest BCUT2D eigenvalue weighted by Gasteiger charge is -2.47. The first-order valence-electron chi connectivity index (χ1n) is 9.00. The average molecular weight is 349 g/mol. The van der Waals surface area contributed by atoms with Gasteiger partial charge in [-0.2, -0.15) is 5.10 Å². The summed E-state index contributed by atoms with van der Waals surface area (Å²) in [5.41, 5.74) is 0.330. The molecule has 0 atom stereocenters. The fraction of sp³-hybridized carbons (Fsp3) is 0.765. The van der Waals surface area contributed by atoms with Crippen molar-refractivity contribution in [2.24, 2.45) is 5.41 Å². The molecule has 0 aromatic carbocycles. The summed E-state index contributed by atoms with van der Waals surface area (Å²) in [6, 6.07) is 0.695. The smallest absolute Gasteiger partial charge is 0.307 e. The van der Waals surface area contributed by atoms with Crippen LogP contribution < -0.4 is 0 Å². The number of piperidine rings is 1. The van der Waals surface area contributed by atoms with Crippen molar-refractivity contribution in [1.29, 1.82) is 0 Å². The minimum absolute atomic E-state index is 0.00479. The van der Waals surface area contributed by atoms with Gasteiger partial charge in [-0.1, -0.05) is 0 Å². The zero-order valence-corrected chi connectivity index (χ0v) is 15.1. The molecular weight excluding hydrogens is 322 g/mol. The van der Waals surface area contributed by atoms with Gasteiger partial charge in [0.25, 0.3) is 0 Å². The summed E-state index contributed by atoms with van der Waals surface area (Å²) in [4.78, 5) is 26.9. The van der Waals surface area contributed by atoms with Crippen LogP contribution in [-0.2, 0) is 11.3 Å². The van der Waals surface area contributed by atoms with Crippen LogP contribution in [0.15, 0.2) is 12.4 Å². The number of carbonyl (C=O) groups excluding carboxylic acids is 1. The molecule has 2 aliphatic rings. The third-order valence-electron chi connectivity index (χ3n) is 6.05. The van der Waals surface area contributed by atoms with Gasteiger partial charge in [0.15, 0.2) is 0 Å². The Kier molecular flexibility index (Phi) is 5.08. The second kappa shape index (κ2) is 7.11. The molecule has 0 N–H and O–H groups in total. The molecule has 1 aliphatic carbocycles. The highest BCUT2D eigenvalue weighted by Crippen LogP contribution is 2.45. The summed E-state index contributed by atoms with van der Waals surface area (Å²) < 4.78 is 1.35. The van der Waals surface area contributed by atoms with E-state index in [1.807, 2.05) is 4.90 Å². The van der Waals surface area contributed by atoms with Crippen molar-refractivity contribution >= 4 is 11.6 Å². The highest BCUT2D eigenvalue weighted by atomic mass is 16.6. The summed E-state index contributed by atoms with van der Waals surface area (Å²) in [7, 11) is 4.31. The number of amides is 1. The molecule has 0 unspecified atom stereocenters. The molecule has 0 radical (unpaired) electrons. The maximum Gasteiger partial charge on any atom is 0.307 e. The summed E-state index contributed by atoms with van der Waals surface area (Å²) in [6.07, 6.45) is 9.63. The van der Waals surface area contributed by atoms with Crippen molar-refractivity contribution in [3.05, 3.63) is 22.5 Å². The molecule has 1 spiro atoms. The van der Waals surface area contributed by atoms with Crippen molar-refractivity contribution in [2.45, 2.75) is 51.1 Å². The Morgan fingerprint density at radius 3 is 2.48 bits per heavy atom. The largest absolute Gasteiger partial charge is 0.341 e. The highest BCUT2D eigenvalue weighted by Gasteiger charge is 2.39. The van der Waals surface area contributed by atoms with Crippen molar-refractivity contribution in [1.82, 2.24) is 19.6 Å². The first-order chi connectivity index (χ1) is 11.9. The number of aromatic nitrogens is 2. The van der Waals surface area contributed by atoms with Crippen LogP contribution in [-0.4, -0.2) is 63.6 Å². The van der Waals surface area contributed by atoms with Crippen LogP contribution in [0.25, 0.3) is 0 Å². The van der Waals surface area contributed by atoms with Crippen molar-refractivity contribution in [3.63, 3.8) is 0 Å². The number of hydrogen-bond donors (Lipinski definition) is 0. The number of nitro groups is 1. The molecule has 1 saturated heterocycles. The number of rotatable bonds is 4. The minimum Gasteiger partial charge on any atom is -0.341 e. The molecule has 3 rings (SSSR count). The lowest BCUT2D eigenvalue weighted by atomic mass is 9.67. The summed E-state index contributed by atoms with van der Waals surface area (Å²) >= 11 is 0. The van der Waals surface area contributed by atoms with Crippen LogP contribution in [0.4, 0.5) is 5.69 Å². The van der Waals surface area contributed by atoms with E-state index in [9.17, 15) is 14.9 Å². The monoisotopic (exact) mass is 349 g/mol. The predicted octanol–water partition coefficient (Wildman–Crippen LogP) is 1.90. The molecule has 1 saturated carbocycles. The van der Waals surface area contributed by atoms with Crippen molar-refractivity contribution < 1.29 is 9.72 Å². The molecule has 25 heavy (non-hydrogen) atoms. The Balaban J connectivity index is 1.50. The van der Waals surface area contributed by atoms with E-state index in [4.69, 9.17) is 0 Å². The molecule has 138 valence electrons. The van der Waals surface area contributed by atoms with Crippen LogP contribution >= 0.6 is 0 Å². The number of likely N-dealkylation sites (tertiary alicyclic amines) is 1. The van der Waals surface area contributed by atoms with E-state index < -0.39 is 4.92 Å². The molecule has 8 heteroatoms. The van der Waals surface area contributed by atoms with Crippen LogP contribution in [0.2, 0.25) is 0 Å². The van der Waals surface area contributed by atoms with Gasteiger partial charge in [0.05, 0.1) is 4.92 Å². The normalized spacial score (nSPS) is 21.0. The molecule has 1 amide bonds. The third-order valence-corrected chi connectivity index (χ3v) is 6.05. The van der Waals surface area contributed by atoms with E-state index in [-0.39, 0.29) is 18.1 Å². The van der Waals surface area contributed by atoms with Gasteiger partial charge in [-0.05, 0) is 58.0 Å². The van der Waals surface area contributed by atoms with Gasteiger partial charge < -0.3 is 9.80 Å². The van der Waals surface area contributed by atoms with E-state index in [1.165, 1.54) is 42.8 Å². The summed E-state index contributed by atoms with van der Waals surface area (Å²) in [5, 5.41) is 14.6. The molecule has 2 fully saturated rings. The SMILES string of the molecule is CN(C)C1CCC2(CC1)CCN(C(=O)Cn1cc([N+](=O)[O-])cn1)CC2. The Bertz CT molecular complexity index is 624. The van der Waals surface area contributed by atoms with Crippen LogP contribution in [0.5, 0.6) is 0 Å². The standard InChI is InChI=1S/C17H27N5O3/c1-19(2)14-3-5-17(6-4-14)7-9-20(10-8-17)16(23)13-21-12-15(11-18-21)22(24)25/h11-12,14H,3-10,13H2,1-2H3. The number of nitrogens with zero attached hydrogens (tertiary/aromatic N) is 5. The number of carbonyl (C=O) groups is 1. The fourth-order valence-electron chi connectivity index (χ4n) is 4.23. The topological polar surface area (TPSA) is 84.5 Å². The zero-order valence-electron chi connectivity index (χ0n) is 15.1. The van der Waals surface area contributed by atoms with Crippen molar-refractivity contribution in [3.8, 4) is 0 Å². The maximum atomic E-state index is 12.4. The van der Waals surface area contributed by atoms with E-state index in [1.54, 1.807) is 0 Å². The molecule has 2 heterocycles. The summed E-state index contributed by atoms with van der Waals surface area (Å²) in [6.45, 7) is 1.65. The zero-order chi connectivity index (χ0) is 18.0. The maximum absolute atomic E-state index is 12.4. The van der Waals surface area contributed by atoms with E-state index in [2.05, 4.69) is 24.1 Å². The Morgan fingerprint density at radius 2 is 1.96 bits per heavy atom. The quantitative estimate of drug-likeness (QED) is 0.612. The number of hydrogen-bond acceptors (Lipinski definition) is 5. The van der Waals surface area contributed by atoms with Crippen LogP contribution in [0.1, 0.15) is 38.5 Å². The Morgan fingerprint density at radius 1 is 1.32 bits per heavy atom. The van der Waals surface area contributed by atoms with Gasteiger partial charge in [0.2, 0.25) is 5.91 Å². The van der Waals surface area contributed by atoms with Gasteiger partial charge in [-0.3, -0.25) is 19.6 Å². The van der Waals surface area contributed by atoms with Gasteiger partial charge in [0.1, 0.15) is 18.9 Å². The van der Waals surface area contributed by atoms with E-state index >= 15 is 0 Å². The van der Waals surface area contributed by atoms with Crippen LogP contribution in [0.3, 0.4) is 0 Å². The minimum atomic E-state index is -0.497. The predicted molar refractivity (Wildman–Crippen MR) is 93.1 cm³/mol. The molecule has 8 nitrogen and oxygen atoms in total. The highest BCUT2D eigenvalue weighted by molar-refractivity contribution is 5.76. The molecular formula is C17H27N5O3. The molecule has 1 aromatic heterocycles. The molecule has 1 aromatic rings. The Hall–Kier alpha value is -1.96. The lowest BCUT2D eigenvalue weighted by Crippen LogP contribution is -2.47. The van der Waals surface area contributed by atoms with Gasteiger partial charge in [-0.25, -0.2) is 0 Å². The van der Waals surface area contributed by atoms with E-state index in [0.29, 0.717) is 11.5 Å². The second-order valence-electron chi connectivity index (χ2n) is 7.73. The molecule has 1 aliphatic heterocycles. The third kappa shape index (κ3) is 4.00. The lowest BCUT2D eigenvalue weighted by molar-refractivity contribution is -0.385. The van der Waals surface area contributed by atoms with Crippen molar-refractivity contribution in [2.75, 3.05) is 27.2 Å². The summed E-state index contributed by atoms with van der Waals surface area (Å²) in [5.74, 6) is -0.00479. The van der Waals surface area contributed by atoms with Gasteiger partial charge >= 0.3 is 5.69 Å². The Labute approximate surface area is 147 Å². The van der Waals surface area contributed by atoms with Crippen LogP contribution in [0, 0.1) is 15.5 Å². The molecule has 0 bridgehead atoms. The first kappa shape index (κ1) is 17.8. The van der Waals surface area contributed by atoms with Gasteiger partial charge in [0, 0.05) is 19.1 Å².